The van der Waals surface area contributed by atoms with E-state index in [-0.39, 0.29) is 29.2 Å². The number of benzene rings is 3. The first-order valence-electron chi connectivity index (χ1n) is 14.0. The molecule has 42 heavy (non-hydrogen) atoms. The molecule has 1 aliphatic rings. The minimum Gasteiger partial charge on any atom is -0.507 e. The molecule has 3 aromatic carbocycles. The number of aryl methyl sites for hydroxylation is 1. The number of piperazine rings is 1. The average Bonchev–Trinajstić information content (AvgIpc) is 2.97. The summed E-state index contributed by atoms with van der Waals surface area (Å²) in [6, 6.07) is 18.6. The van der Waals surface area contributed by atoms with Crippen LogP contribution in [0.25, 0.3) is 27.7 Å². The number of para-hydroxylation sites is 1. The molecule has 1 N–H and O–H groups in total. The number of aromatic hydroxyl groups is 1. The van der Waals surface area contributed by atoms with Crippen molar-refractivity contribution in [2.24, 2.45) is 0 Å². The van der Waals surface area contributed by atoms with Crippen LogP contribution in [0.2, 0.25) is 5.02 Å². The first kappa shape index (κ1) is 29.0. The van der Waals surface area contributed by atoms with Gasteiger partial charge in [0, 0.05) is 47.2 Å². The lowest BCUT2D eigenvalue weighted by Crippen LogP contribution is -2.54. The molecule has 0 bridgehead atoms. The van der Waals surface area contributed by atoms with Gasteiger partial charge in [-0.1, -0.05) is 61.9 Å². The predicted molar refractivity (Wildman–Crippen MR) is 169 cm³/mol. The highest BCUT2D eigenvalue weighted by Crippen LogP contribution is 2.41. The second-order valence-electron chi connectivity index (χ2n) is 11.1. The van der Waals surface area contributed by atoms with E-state index in [0.29, 0.717) is 58.1 Å². The Hall–Kier alpha value is -4.54. The van der Waals surface area contributed by atoms with Gasteiger partial charge >= 0.3 is 0 Å². The maximum Gasteiger partial charge on any atom is 0.275 e. The summed E-state index contributed by atoms with van der Waals surface area (Å²) < 4.78 is 1.60. The summed E-state index contributed by atoms with van der Waals surface area (Å²) in [5.74, 6) is 0.0264. The highest BCUT2D eigenvalue weighted by atomic mass is 35.5. The van der Waals surface area contributed by atoms with Crippen LogP contribution in [-0.2, 0) is 4.79 Å². The number of amides is 1. The minimum absolute atomic E-state index is 0.0126. The van der Waals surface area contributed by atoms with Crippen LogP contribution in [0.5, 0.6) is 5.75 Å². The Kier molecular flexibility index (Phi) is 7.85. The average molecular weight is 581 g/mol. The summed E-state index contributed by atoms with van der Waals surface area (Å²) in [6.45, 7) is 12.9. The number of rotatable bonds is 5. The van der Waals surface area contributed by atoms with Gasteiger partial charge in [0.2, 0.25) is 5.91 Å². The summed E-state index contributed by atoms with van der Waals surface area (Å²) >= 11 is 6.94. The third kappa shape index (κ3) is 4.93. The van der Waals surface area contributed by atoms with E-state index < -0.39 is 5.56 Å². The van der Waals surface area contributed by atoms with Gasteiger partial charge in [-0.05, 0) is 61.7 Å². The standard InChI is InChI=1S/C34H33ClN4O3/c1-6-32(41)37-13-14-38(22(5)19-37)33-26-16-28(35)24(25-15-21(4)11-12-31(25)40)17-30(26)39(34(42)27(33)18-36)29-10-8-7-9-23(29)20(2)3/h6-12,15-17,20,22,40H,1,13-14,19H2,2-5H3/t22-/m0/s1. The molecular formula is C34H33ClN4O3. The third-order valence-corrected chi connectivity index (χ3v) is 8.30. The molecule has 0 spiro atoms. The number of nitriles is 1. The minimum atomic E-state index is -0.438. The number of phenolic OH excluding ortho intramolecular Hbond substituents is 1. The fraction of sp³-hybridized carbons (Fsp3) is 0.265. The van der Waals surface area contributed by atoms with E-state index in [9.17, 15) is 20.0 Å². The number of hydrogen-bond acceptors (Lipinski definition) is 5. The van der Waals surface area contributed by atoms with Crippen molar-refractivity contribution in [2.75, 3.05) is 24.5 Å². The predicted octanol–water partition coefficient (Wildman–Crippen LogP) is 6.54. The fourth-order valence-corrected chi connectivity index (χ4v) is 6.17. The van der Waals surface area contributed by atoms with Gasteiger partial charge in [0.1, 0.15) is 17.4 Å². The summed E-state index contributed by atoms with van der Waals surface area (Å²) in [4.78, 5) is 30.5. The van der Waals surface area contributed by atoms with Crippen LogP contribution in [0.4, 0.5) is 5.69 Å². The molecule has 0 aliphatic carbocycles. The smallest absolute Gasteiger partial charge is 0.275 e. The number of carbonyl (C=O) groups excluding carboxylic acids is 1. The largest absolute Gasteiger partial charge is 0.507 e. The molecule has 5 rings (SSSR count). The van der Waals surface area contributed by atoms with E-state index in [4.69, 9.17) is 11.6 Å². The zero-order chi connectivity index (χ0) is 30.3. The molecular weight excluding hydrogens is 548 g/mol. The number of fused-ring (bicyclic) bond motifs is 1. The molecule has 1 aliphatic heterocycles. The summed E-state index contributed by atoms with van der Waals surface area (Å²) in [7, 11) is 0. The Bertz CT molecular complexity index is 1840. The quantitative estimate of drug-likeness (QED) is 0.271. The van der Waals surface area contributed by atoms with E-state index in [0.717, 1.165) is 11.1 Å². The maximum absolute atomic E-state index is 14.4. The number of phenols is 1. The van der Waals surface area contributed by atoms with Crippen molar-refractivity contribution in [2.45, 2.75) is 39.7 Å². The van der Waals surface area contributed by atoms with Gasteiger partial charge in [0.05, 0.1) is 16.9 Å². The van der Waals surface area contributed by atoms with Gasteiger partial charge in [-0.2, -0.15) is 5.26 Å². The number of anilines is 1. The lowest BCUT2D eigenvalue weighted by atomic mass is 9.96. The van der Waals surface area contributed by atoms with Gasteiger partial charge in [0.25, 0.3) is 5.56 Å². The van der Waals surface area contributed by atoms with Crippen molar-refractivity contribution in [3.05, 3.63) is 99.3 Å². The monoisotopic (exact) mass is 580 g/mol. The van der Waals surface area contributed by atoms with Crippen LogP contribution in [0.3, 0.4) is 0 Å². The summed E-state index contributed by atoms with van der Waals surface area (Å²) in [6.07, 6.45) is 1.30. The lowest BCUT2D eigenvalue weighted by molar-refractivity contribution is -0.126. The molecule has 1 fully saturated rings. The zero-order valence-electron chi connectivity index (χ0n) is 24.2. The SMILES string of the molecule is C=CC(=O)N1CCN(c2c(C#N)c(=O)n(-c3ccccc3C(C)C)c3cc(-c4cc(C)ccc4O)c(Cl)cc23)[C@@H](C)C1. The molecule has 8 heteroatoms. The van der Waals surface area contributed by atoms with Crippen LogP contribution < -0.4 is 10.5 Å². The molecule has 7 nitrogen and oxygen atoms in total. The topological polar surface area (TPSA) is 89.6 Å². The van der Waals surface area contributed by atoms with Crippen molar-refractivity contribution in [1.29, 1.82) is 5.26 Å². The molecule has 214 valence electrons. The first-order valence-corrected chi connectivity index (χ1v) is 14.3. The molecule has 0 saturated carbocycles. The molecule has 0 radical (unpaired) electrons. The normalized spacial score (nSPS) is 15.2. The van der Waals surface area contributed by atoms with Crippen molar-refractivity contribution >= 4 is 34.1 Å². The van der Waals surface area contributed by atoms with E-state index in [1.165, 1.54) is 6.08 Å². The molecule has 4 aromatic rings. The number of halogens is 1. The summed E-state index contributed by atoms with van der Waals surface area (Å²) in [5, 5.41) is 22.2. The Morgan fingerprint density at radius 3 is 2.55 bits per heavy atom. The maximum atomic E-state index is 14.4. The van der Waals surface area contributed by atoms with Crippen LogP contribution in [0.15, 0.2) is 72.0 Å². The van der Waals surface area contributed by atoms with E-state index >= 15 is 0 Å². The Labute approximate surface area is 250 Å². The second-order valence-corrected chi connectivity index (χ2v) is 11.5. The Morgan fingerprint density at radius 2 is 1.88 bits per heavy atom. The highest BCUT2D eigenvalue weighted by Gasteiger charge is 2.31. The van der Waals surface area contributed by atoms with Gasteiger partial charge in [-0.3, -0.25) is 14.2 Å². The Balaban J connectivity index is 1.88. The number of aromatic nitrogens is 1. The lowest BCUT2D eigenvalue weighted by Gasteiger charge is -2.41. The number of hydrogen-bond donors (Lipinski definition) is 1. The highest BCUT2D eigenvalue weighted by molar-refractivity contribution is 6.34. The number of carbonyl (C=O) groups is 1. The van der Waals surface area contributed by atoms with Gasteiger partial charge in [0.15, 0.2) is 0 Å². The van der Waals surface area contributed by atoms with E-state index in [1.807, 2.05) is 61.2 Å². The van der Waals surface area contributed by atoms with Crippen LogP contribution in [-0.4, -0.2) is 46.2 Å². The second kappa shape index (κ2) is 11.4. The number of nitrogens with zero attached hydrogens (tertiary/aromatic N) is 4. The molecule has 2 heterocycles. The molecule has 1 aromatic heterocycles. The van der Waals surface area contributed by atoms with Gasteiger partial charge in [-0.25, -0.2) is 0 Å². The van der Waals surface area contributed by atoms with Crippen molar-refractivity contribution in [1.82, 2.24) is 9.47 Å². The third-order valence-electron chi connectivity index (χ3n) is 7.99. The van der Waals surface area contributed by atoms with Crippen molar-refractivity contribution in [3.63, 3.8) is 0 Å². The molecule has 1 atom stereocenters. The fourth-order valence-electron chi connectivity index (χ4n) is 5.90. The van der Waals surface area contributed by atoms with E-state index in [1.54, 1.807) is 21.6 Å². The Morgan fingerprint density at radius 1 is 1.14 bits per heavy atom. The first-order chi connectivity index (χ1) is 20.1. The van der Waals surface area contributed by atoms with Crippen LogP contribution in [0, 0.1) is 18.3 Å². The molecule has 1 saturated heterocycles. The summed E-state index contributed by atoms with van der Waals surface area (Å²) in [5.41, 5.74) is 4.35. The van der Waals surface area contributed by atoms with Gasteiger partial charge < -0.3 is 14.9 Å². The van der Waals surface area contributed by atoms with Crippen molar-refractivity contribution in [3.8, 4) is 28.6 Å². The van der Waals surface area contributed by atoms with Crippen LogP contribution >= 0.6 is 11.6 Å². The van der Waals surface area contributed by atoms with Crippen molar-refractivity contribution < 1.29 is 9.90 Å². The van der Waals surface area contributed by atoms with Crippen LogP contribution in [0.1, 0.15) is 43.4 Å². The molecule has 1 amide bonds. The van der Waals surface area contributed by atoms with Gasteiger partial charge in [-0.15, -0.1) is 0 Å². The molecule has 0 unspecified atom stereocenters. The van der Waals surface area contributed by atoms with E-state index in [2.05, 4.69) is 26.5 Å². The number of pyridine rings is 1. The zero-order valence-corrected chi connectivity index (χ0v) is 24.9.